The van der Waals surface area contributed by atoms with Crippen molar-refractivity contribution in [1.29, 1.82) is 0 Å². The summed E-state index contributed by atoms with van der Waals surface area (Å²) in [5.74, 6) is 1.65. The zero-order valence-corrected chi connectivity index (χ0v) is 15.7. The minimum Gasteiger partial charge on any atom is -0.497 e. The van der Waals surface area contributed by atoms with Crippen LogP contribution in [-0.2, 0) is 11.3 Å². The van der Waals surface area contributed by atoms with Crippen molar-refractivity contribution in [1.82, 2.24) is 4.90 Å². The van der Waals surface area contributed by atoms with Crippen molar-refractivity contribution < 1.29 is 19.3 Å². The molecule has 2 heterocycles. The van der Waals surface area contributed by atoms with Gasteiger partial charge in [0.05, 0.1) is 32.0 Å². The average molecular weight is 349 g/mol. The van der Waals surface area contributed by atoms with Crippen LogP contribution in [0.4, 0.5) is 0 Å². The third-order valence-electron chi connectivity index (χ3n) is 5.87. The van der Waals surface area contributed by atoms with Crippen LogP contribution >= 0.6 is 0 Å². The van der Waals surface area contributed by atoms with Crippen LogP contribution in [0.2, 0.25) is 0 Å². The number of benzene rings is 1. The van der Waals surface area contributed by atoms with E-state index in [0.29, 0.717) is 6.61 Å². The van der Waals surface area contributed by atoms with E-state index in [-0.39, 0.29) is 5.60 Å². The molecular weight excluding hydrogens is 318 g/mol. The lowest BCUT2D eigenvalue weighted by Gasteiger charge is -2.49. The molecule has 2 aliphatic rings. The van der Waals surface area contributed by atoms with Gasteiger partial charge in [0.25, 0.3) is 0 Å². The van der Waals surface area contributed by atoms with Crippen molar-refractivity contribution in [3.05, 3.63) is 23.8 Å². The van der Waals surface area contributed by atoms with E-state index in [1.165, 1.54) is 5.56 Å². The number of piperidine rings is 1. The maximum absolute atomic E-state index is 10.7. The lowest BCUT2D eigenvalue weighted by molar-refractivity contribution is -0.179. The van der Waals surface area contributed by atoms with Crippen LogP contribution in [0.5, 0.6) is 11.5 Å². The van der Waals surface area contributed by atoms with Gasteiger partial charge in [-0.3, -0.25) is 4.90 Å². The van der Waals surface area contributed by atoms with Crippen molar-refractivity contribution in [2.24, 2.45) is 0 Å². The van der Waals surface area contributed by atoms with Gasteiger partial charge in [0.15, 0.2) is 0 Å². The molecule has 0 aromatic heterocycles. The second-order valence-electron chi connectivity index (χ2n) is 7.53. The summed E-state index contributed by atoms with van der Waals surface area (Å²) in [7, 11) is 3.36. The van der Waals surface area contributed by atoms with Crippen molar-refractivity contribution in [2.45, 2.75) is 56.8 Å². The zero-order chi connectivity index (χ0) is 17.9. The summed E-state index contributed by atoms with van der Waals surface area (Å²) < 4.78 is 16.9. The molecule has 5 nitrogen and oxygen atoms in total. The Morgan fingerprint density at radius 2 is 1.72 bits per heavy atom. The Morgan fingerprint density at radius 3 is 2.28 bits per heavy atom. The molecular formula is C20H31NO4. The first-order valence-electron chi connectivity index (χ1n) is 9.30. The molecule has 2 saturated heterocycles. The molecule has 0 amide bonds. The summed E-state index contributed by atoms with van der Waals surface area (Å²) in [6, 6.07) is 6.04. The molecule has 1 N–H and O–H groups in total. The Hall–Kier alpha value is -1.30. The highest BCUT2D eigenvalue weighted by Crippen LogP contribution is 2.41. The second-order valence-corrected chi connectivity index (χ2v) is 7.53. The van der Waals surface area contributed by atoms with Crippen molar-refractivity contribution >= 4 is 0 Å². The molecule has 2 aliphatic heterocycles. The van der Waals surface area contributed by atoms with Crippen LogP contribution in [0.25, 0.3) is 0 Å². The van der Waals surface area contributed by atoms with Gasteiger partial charge >= 0.3 is 0 Å². The molecule has 1 aromatic carbocycles. The van der Waals surface area contributed by atoms with Gasteiger partial charge in [0.2, 0.25) is 0 Å². The molecule has 140 valence electrons. The largest absolute Gasteiger partial charge is 0.497 e. The Balaban J connectivity index is 1.61. The first-order chi connectivity index (χ1) is 12.0. The molecule has 1 atom stereocenters. The molecule has 1 aromatic rings. The smallest absolute Gasteiger partial charge is 0.122 e. The van der Waals surface area contributed by atoms with Gasteiger partial charge in [0.1, 0.15) is 11.5 Å². The van der Waals surface area contributed by atoms with E-state index >= 15 is 0 Å². The highest BCUT2D eigenvalue weighted by atomic mass is 16.5. The standard InChI is InChI=1S/C20H31NO4/c1-4-19(22)7-10-25-20(15-19)5-8-21(9-6-20)14-16-11-17(23-2)13-18(12-16)24-3/h11-13,22H,4-10,14-15H2,1-3H3. The molecule has 0 radical (unpaired) electrons. The van der Waals surface area contributed by atoms with Gasteiger partial charge < -0.3 is 19.3 Å². The van der Waals surface area contributed by atoms with Crippen molar-refractivity contribution in [3.8, 4) is 11.5 Å². The highest BCUT2D eigenvalue weighted by molar-refractivity contribution is 5.38. The van der Waals surface area contributed by atoms with Gasteiger partial charge in [0, 0.05) is 32.1 Å². The molecule has 3 rings (SSSR count). The average Bonchev–Trinajstić information content (AvgIpc) is 2.63. The fraction of sp³-hybridized carbons (Fsp3) is 0.700. The Kier molecular flexibility index (Phi) is 5.56. The van der Waals surface area contributed by atoms with Crippen molar-refractivity contribution in [3.63, 3.8) is 0 Å². The monoisotopic (exact) mass is 349 g/mol. The Labute approximate surface area is 150 Å². The number of ether oxygens (including phenoxy) is 3. The summed E-state index contributed by atoms with van der Waals surface area (Å²) in [6.07, 6.45) is 4.31. The molecule has 5 heteroatoms. The number of rotatable bonds is 5. The van der Waals surface area contributed by atoms with E-state index in [2.05, 4.69) is 24.0 Å². The maximum atomic E-state index is 10.7. The molecule has 25 heavy (non-hydrogen) atoms. The highest BCUT2D eigenvalue weighted by Gasteiger charge is 2.45. The lowest BCUT2D eigenvalue weighted by Crippen LogP contribution is -2.54. The Bertz CT molecular complexity index is 561. The van der Waals surface area contributed by atoms with Crippen LogP contribution in [0.1, 0.15) is 44.6 Å². The second kappa shape index (κ2) is 7.52. The number of hydrogen-bond donors (Lipinski definition) is 1. The molecule has 0 bridgehead atoms. The van der Waals surface area contributed by atoms with E-state index in [4.69, 9.17) is 14.2 Å². The molecule has 0 saturated carbocycles. The SMILES string of the molecule is CCC1(O)CCOC2(CCN(Cc3cc(OC)cc(OC)c3)CC2)C1. The summed E-state index contributed by atoms with van der Waals surface area (Å²) in [5, 5.41) is 10.7. The van der Waals surface area contributed by atoms with E-state index in [0.717, 1.165) is 63.2 Å². The van der Waals surface area contributed by atoms with Crippen LogP contribution < -0.4 is 9.47 Å². The maximum Gasteiger partial charge on any atom is 0.122 e. The fourth-order valence-corrected chi connectivity index (χ4v) is 4.15. The lowest BCUT2D eigenvalue weighted by atomic mass is 9.76. The number of likely N-dealkylation sites (tertiary alicyclic amines) is 1. The number of hydrogen-bond acceptors (Lipinski definition) is 5. The van der Waals surface area contributed by atoms with Crippen molar-refractivity contribution in [2.75, 3.05) is 33.9 Å². The molecule has 1 spiro atoms. The first-order valence-corrected chi connectivity index (χ1v) is 9.30. The predicted octanol–water partition coefficient (Wildman–Crippen LogP) is 2.99. The van der Waals surface area contributed by atoms with Gasteiger partial charge in [-0.05, 0) is 43.4 Å². The first kappa shape index (κ1) is 18.5. The van der Waals surface area contributed by atoms with Gasteiger partial charge in [-0.2, -0.15) is 0 Å². The van der Waals surface area contributed by atoms with Crippen LogP contribution in [0, 0.1) is 0 Å². The normalized spacial score (nSPS) is 26.6. The van der Waals surface area contributed by atoms with Crippen LogP contribution in [0.15, 0.2) is 18.2 Å². The van der Waals surface area contributed by atoms with Gasteiger partial charge in [-0.25, -0.2) is 0 Å². The Morgan fingerprint density at radius 1 is 1.08 bits per heavy atom. The molecule has 0 aliphatic carbocycles. The molecule has 2 fully saturated rings. The van der Waals surface area contributed by atoms with E-state index in [1.54, 1.807) is 14.2 Å². The number of nitrogens with zero attached hydrogens (tertiary/aromatic N) is 1. The van der Waals surface area contributed by atoms with E-state index in [9.17, 15) is 5.11 Å². The summed E-state index contributed by atoms with van der Waals surface area (Å²) in [5.41, 5.74) is 0.522. The summed E-state index contributed by atoms with van der Waals surface area (Å²) in [6.45, 7) is 5.60. The number of methoxy groups -OCH3 is 2. The van der Waals surface area contributed by atoms with Crippen LogP contribution in [-0.4, -0.2) is 55.1 Å². The third kappa shape index (κ3) is 4.27. The van der Waals surface area contributed by atoms with Crippen LogP contribution in [0.3, 0.4) is 0 Å². The minimum atomic E-state index is -0.541. The third-order valence-corrected chi connectivity index (χ3v) is 5.87. The van der Waals surface area contributed by atoms with Gasteiger partial charge in [-0.15, -0.1) is 0 Å². The minimum absolute atomic E-state index is 0.133. The van der Waals surface area contributed by atoms with E-state index < -0.39 is 5.60 Å². The predicted molar refractivity (Wildman–Crippen MR) is 97.2 cm³/mol. The zero-order valence-electron chi connectivity index (χ0n) is 15.7. The van der Waals surface area contributed by atoms with Gasteiger partial charge in [-0.1, -0.05) is 6.92 Å². The van der Waals surface area contributed by atoms with E-state index in [1.807, 2.05) is 6.07 Å². The fourth-order valence-electron chi connectivity index (χ4n) is 4.15. The quantitative estimate of drug-likeness (QED) is 0.886. The summed E-state index contributed by atoms with van der Waals surface area (Å²) in [4.78, 5) is 2.45. The molecule has 1 unspecified atom stereocenters. The summed E-state index contributed by atoms with van der Waals surface area (Å²) >= 11 is 0. The number of aliphatic hydroxyl groups is 1. The topological polar surface area (TPSA) is 51.2 Å².